The predicted molar refractivity (Wildman–Crippen MR) is 97.6 cm³/mol. The molecule has 3 rings (SSSR count). The first-order chi connectivity index (χ1) is 12.0. The number of piperidine rings is 1. The number of likely N-dealkylation sites (tertiary alicyclic amines) is 1. The normalized spacial score (nSPS) is 16.7. The number of nitrogens with zero attached hydrogens (tertiary/aromatic N) is 1. The molecule has 0 spiro atoms. The zero-order chi connectivity index (χ0) is 18.0. The average Bonchev–Trinajstić information content (AvgIpc) is 2.64. The smallest absolute Gasteiger partial charge is 0.257 e. The van der Waals surface area contributed by atoms with Gasteiger partial charge in [-0.2, -0.15) is 0 Å². The summed E-state index contributed by atoms with van der Waals surface area (Å²) in [6, 6.07) is 13.3. The van der Waals surface area contributed by atoms with Crippen molar-refractivity contribution in [3.63, 3.8) is 0 Å². The van der Waals surface area contributed by atoms with E-state index in [1.54, 1.807) is 11.0 Å². The number of rotatable bonds is 3. The molecule has 0 aromatic heterocycles. The summed E-state index contributed by atoms with van der Waals surface area (Å²) in [5.74, 6) is 0.0956. The monoisotopic (exact) mass is 339 g/mol. The van der Waals surface area contributed by atoms with Crippen molar-refractivity contribution < 1.29 is 15.0 Å². The lowest BCUT2D eigenvalue weighted by Crippen LogP contribution is -2.39. The number of phenols is 1. The van der Waals surface area contributed by atoms with E-state index in [2.05, 4.69) is 0 Å². The number of hydrogen-bond donors (Lipinski definition) is 2. The molecule has 1 aliphatic heterocycles. The summed E-state index contributed by atoms with van der Waals surface area (Å²) in [6.07, 6.45) is 1.02. The van der Waals surface area contributed by atoms with Crippen molar-refractivity contribution in [2.45, 2.75) is 32.8 Å². The van der Waals surface area contributed by atoms with E-state index in [-0.39, 0.29) is 17.6 Å². The lowest BCUT2D eigenvalue weighted by atomic mass is 9.87. The first-order valence-corrected chi connectivity index (χ1v) is 8.80. The highest BCUT2D eigenvalue weighted by molar-refractivity contribution is 5.97. The van der Waals surface area contributed by atoms with Gasteiger partial charge in [0.1, 0.15) is 5.75 Å². The summed E-state index contributed by atoms with van der Waals surface area (Å²) in [6.45, 7) is 4.92. The molecule has 0 bridgehead atoms. The molecule has 25 heavy (non-hydrogen) atoms. The van der Waals surface area contributed by atoms with E-state index in [0.717, 1.165) is 29.5 Å². The van der Waals surface area contributed by atoms with Crippen molar-refractivity contribution in [1.29, 1.82) is 0 Å². The van der Waals surface area contributed by atoms with Crippen LogP contribution < -0.4 is 0 Å². The van der Waals surface area contributed by atoms with Crippen molar-refractivity contribution in [3.05, 3.63) is 64.7 Å². The van der Waals surface area contributed by atoms with Gasteiger partial charge < -0.3 is 15.1 Å². The molecule has 2 N–H and O–H groups in total. The number of amides is 1. The number of hydrogen-bond acceptors (Lipinski definition) is 3. The Morgan fingerprint density at radius 3 is 2.40 bits per heavy atom. The van der Waals surface area contributed by atoms with Gasteiger partial charge in [-0.25, -0.2) is 0 Å². The Hall–Kier alpha value is -2.33. The topological polar surface area (TPSA) is 60.8 Å². The number of phenolic OH excluding ortho intramolecular Hbond substituents is 1. The maximum atomic E-state index is 12.8. The van der Waals surface area contributed by atoms with Crippen LogP contribution in [0.2, 0.25) is 0 Å². The van der Waals surface area contributed by atoms with Crippen molar-refractivity contribution in [2.24, 2.45) is 5.92 Å². The molecule has 1 unspecified atom stereocenters. The molecule has 4 nitrogen and oxygen atoms in total. The molecule has 0 saturated carbocycles. The number of aromatic hydroxyl groups is 1. The third kappa shape index (κ3) is 3.69. The zero-order valence-corrected chi connectivity index (χ0v) is 14.8. The minimum atomic E-state index is -0.493. The van der Waals surface area contributed by atoms with Crippen molar-refractivity contribution in [3.8, 4) is 5.75 Å². The molecule has 132 valence electrons. The van der Waals surface area contributed by atoms with Gasteiger partial charge in [0.05, 0.1) is 11.7 Å². The standard InChI is InChI=1S/C21H25NO3/c1-14-12-15(2)19(23)18(13-14)21(25)22-10-8-17(9-11-22)20(24)16-6-4-3-5-7-16/h3-7,12-13,17,20,23-24H,8-11H2,1-2H3. The van der Waals surface area contributed by atoms with Gasteiger partial charge in [0.15, 0.2) is 0 Å². The Morgan fingerprint density at radius 2 is 1.76 bits per heavy atom. The average molecular weight is 339 g/mol. The van der Waals surface area contributed by atoms with Crippen LogP contribution in [-0.2, 0) is 0 Å². The van der Waals surface area contributed by atoms with Crippen LogP contribution in [0, 0.1) is 19.8 Å². The third-order valence-corrected chi connectivity index (χ3v) is 5.09. The lowest BCUT2D eigenvalue weighted by Gasteiger charge is -2.34. The molecular weight excluding hydrogens is 314 g/mol. The summed E-state index contributed by atoms with van der Waals surface area (Å²) < 4.78 is 0. The van der Waals surface area contributed by atoms with Gasteiger partial charge in [0.2, 0.25) is 0 Å². The number of aliphatic hydroxyl groups is 1. The van der Waals surface area contributed by atoms with Gasteiger partial charge in [0, 0.05) is 13.1 Å². The van der Waals surface area contributed by atoms with Crippen molar-refractivity contribution >= 4 is 5.91 Å². The van der Waals surface area contributed by atoms with Crippen LogP contribution >= 0.6 is 0 Å². The Balaban J connectivity index is 1.67. The number of aryl methyl sites for hydroxylation is 2. The van der Waals surface area contributed by atoms with Crippen molar-refractivity contribution in [2.75, 3.05) is 13.1 Å². The van der Waals surface area contributed by atoms with E-state index < -0.39 is 6.10 Å². The van der Waals surface area contributed by atoms with Crippen LogP contribution in [0.15, 0.2) is 42.5 Å². The van der Waals surface area contributed by atoms with Crippen LogP contribution in [0.4, 0.5) is 0 Å². The van der Waals surface area contributed by atoms with E-state index in [4.69, 9.17) is 0 Å². The summed E-state index contributed by atoms with van der Waals surface area (Å²) in [5.41, 5.74) is 2.99. The maximum absolute atomic E-state index is 12.8. The predicted octanol–water partition coefficient (Wildman–Crippen LogP) is 3.59. The molecule has 0 aliphatic carbocycles. The number of benzene rings is 2. The summed E-state index contributed by atoms with van der Waals surface area (Å²) in [7, 11) is 0. The fraction of sp³-hybridized carbons (Fsp3) is 0.381. The Morgan fingerprint density at radius 1 is 1.12 bits per heavy atom. The van der Waals surface area contributed by atoms with Crippen LogP contribution in [0.5, 0.6) is 5.75 Å². The summed E-state index contributed by atoms with van der Waals surface area (Å²) in [4.78, 5) is 14.6. The maximum Gasteiger partial charge on any atom is 0.257 e. The van der Waals surface area contributed by atoms with Crippen LogP contribution in [0.25, 0.3) is 0 Å². The molecular formula is C21H25NO3. The van der Waals surface area contributed by atoms with Crippen molar-refractivity contribution in [1.82, 2.24) is 4.90 Å². The van der Waals surface area contributed by atoms with Gasteiger partial charge in [-0.1, -0.05) is 36.4 Å². The largest absolute Gasteiger partial charge is 0.507 e. The Kier molecular flexibility index (Phi) is 5.09. The minimum Gasteiger partial charge on any atom is -0.507 e. The van der Waals surface area contributed by atoms with Crippen LogP contribution in [-0.4, -0.2) is 34.1 Å². The molecule has 1 heterocycles. The molecule has 1 saturated heterocycles. The van der Waals surface area contributed by atoms with Gasteiger partial charge in [-0.3, -0.25) is 4.79 Å². The molecule has 1 fully saturated rings. The lowest BCUT2D eigenvalue weighted by molar-refractivity contribution is 0.0460. The van der Waals surface area contributed by atoms with E-state index >= 15 is 0 Å². The van der Waals surface area contributed by atoms with Gasteiger partial charge >= 0.3 is 0 Å². The number of carbonyl (C=O) groups is 1. The third-order valence-electron chi connectivity index (χ3n) is 5.09. The second-order valence-corrected chi connectivity index (χ2v) is 6.96. The molecule has 2 aromatic rings. The van der Waals surface area contributed by atoms with E-state index in [9.17, 15) is 15.0 Å². The SMILES string of the molecule is Cc1cc(C)c(O)c(C(=O)N2CCC(C(O)c3ccccc3)CC2)c1. The fourth-order valence-corrected chi connectivity index (χ4v) is 3.63. The van der Waals surface area contributed by atoms with Crippen LogP contribution in [0.3, 0.4) is 0 Å². The van der Waals surface area contributed by atoms with Crippen LogP contribution in [0.1, 0.15) is 46.0 Å². The van der Waals surface area contributed by atoms with Gasteiger partial charge in [-0.15, -0.1) is 0 Å². The quantitative estimate of drug-likeness (QED) is 0.898. The fourth-order valence-electron chi connectivity index (χ4n) is 3.63. The highest BCUT2D eigenvalue weighted by Gasteiger charge is 2.29. The summed E-state index contributed by atoms with van der Waals surface area (Å²) in [5, 5.41) is 20.8. The molecule has 1 amide bonds. The number of carbonyl (C=O) groups excluding carboxylic acids is 1. The molecule has 2 aromatic carbocycles. The second-order valence-electron chi connectivity index (χ2n) is 6.96. The Bertz CT molecular complexity index is 749. The first-order valence-electron chi connectivity index (χ1n) is 8.80. The van der Waals surface area contributed by atoms with E-state index in [1.165, 1.54) is 0 Å². The summed E-state index contributed by atoms with van der Waals surface area (Å²) >= 11 is 0. The molecule has 4 heteroatoms. The first kappa shape index (κ1) is 17.5. The zero-order valence-electron chi connectivity index (χ0n) is 14.8. The molecule has 0 radical (unpaired) electrons. The molecule has 1 atom stereocenters. The highest BCUT2D eigenvalue weighted by Crippen LogP contribution is 2.32. The Labute approximate surface area is 148 Å². The van der Waals surface area contributed by atoms with E-state index in [1.807, 2.05) is 50.2 Å². The number of aliphatic hydroxyl groups excluding tert-OH is 1. The minimum absolute atomic E-state index is 0.0713. The molecule has 1 aliphatic rings. The van der Waals surface area contributed by atoms with Gasteiger partial charge in [0.25, 0.3) is 5.91 Å². The van der Waals surface area contributed by atoms with Gasteiger partial charge in [-0.05, 0) is 55.4 Å². The second kappa shape index (κ2) is 7.28. The van der Waals surface area contributed by atoms with E-state index in [0.29, 0.717) is 18.7 Å². The highest BCUT2D eigenvalue weighted by atomic mass is 16.3.